The number of rotatable bonds is 5. The number of fused-ring (bicyclic) bond motifs is 2. The highest BCUT2D eigenvalue weighted by Gasteiger charge is 2.42. The molecule has 31 heavy (non-hydrogen) atoms. The Bertz CT molecular complexity index is 817. The van der Waals surface area contributed by atoms with Gasteiger partial charge in [0.1, 0.15) is 4.91 Å². The van der Waals surface area contributed by atoms with Gasteiger partial charge in [-0.25, -0.2) is 0 Å². The van der Waals surface area contributed by atoms with Crippen LogP contribution < -0.4 is 0 Å². The summed E-state index contributed by atoms with van der Waals surface area (Å²) in [5.74, 6) is 2.99. The maximum atomic E-state index is 12.9. The van der Waals surface area contributed by atoms with Crippen molar-refractivity contribution >= 4 is 10.1 Å². The van der Waals surface area contributed by atoms with Gasteiger partial charge in [0.2, 0.25) is 0 Å². The van der Waals surface area contributed by atoms with E-state index in [9.17, 15) is 13.0 Å². The first-order valence-electron chi connectivity index (χ1n) is 13.0. The van der Waals surface area contributed by atoms with Crippen LogP contribution in [0.15, 0.2) is 34.8 Å². The first-order chi connectivity index (χ1) is 15.0. The van der Waals surface area contributed by atoms with Crippen LogP contribution in [0.25, 0.3) is 0 Å². The molecule has 0 aromatic carbocycles. The average molecular weight is 447 g/mol. The van der Waals surface area contributed by atoms with E-state index < -0.39 is 10.1 Å². The molecule has 0 aromatic heterocycles. The van der Waals surface area contributed by atoms with E-state index in [2.05, 4.69) is 6.58 Å². The predicted molar refractivity (Wildman–Crippen MR) is 128 cm³/mol. The Morgan fingerprint density at radius 1 is 0.774 bits per heavy atom. The Kier molecular flexibility index (Phi) is 7.48. The highest BCUT2D eigenvalue weighted by atomic mass is 32.2. The molecular weight excluding hydrogens is 404 g/mol. The third-order valence-electron chi connectivity index (χ3n) is 9.26. The SMILES string of the molecule is C=C/C(=C(\C(=C/C)C1CCCC2CCCCC21)S(=O)(=O)O)[C@H]1CCCC2CCCCC21. The fraction of sp³-hybridized carbons (Fsp3) is 0.778. The quantitative estimate of drug-likeness (QED) is 0.352. The molecule has 4 fully saturated rings. The van der Waals surface area contributed by atoms with E-state index in [-0.39, 0.29) is 16.7 Å². The Labute approximate surface area is 190 Å². The molecule has 0 aliphatic heterocycles. The van der Waals surface area contributed by atoms with E-state index in [1.54, 1.807) is 6.08 Å². The summed E-state index contributed by atoms with van der Waals surface area (Å²) in [5.41, 5.74) is 1.72. The lowest BCUT2D eigenvalue weighted by atomic mass is 9.61. The van der Waals surface area contributed by atoms with E-state index in [0.717, 1.165) is 36.3 Å². The number of hydrogen-bond acceptors (Lipinski definition) is 2. The van der Waals surface area contributed by atoms with Crippen LogP contribution in [0, 0.1) is 35.5 Å². The van der Waals surface area contributed by atoms with Gasteiger partial charge in [0, 0.05) is 0 Å². The normalized spacial score (nSPS) is 37.9. The van der Waals surface area contributed by atoms with E-state index in [4.69, 9.17) is 0 Å². The molecule has 0 bridgehead atoms. The molecule has 4 saturated carbocycles. The van der Waals surface area contributed by atoms with Gasteiger partial charge in [0.15, 0.2) is 0 Å². The molecule has 0 amide bonds. The molecular formula is C27H42O3S. The second-order valence-corrected chi connectivity index (χ2v) is 12.1. The van der Waals surface area contributed by atoms with Gasteiger partial charge < -0.3 is 0 Å². The van der Waals surface area contributed by atoms with E-state index in [0.29, 0.717) is 17.8 Å². The highest BCUT2D eigenvalue weighted by Crippen LogP contribution is 2.51. The predicted octanol–water partition coefficient (Wildman–Crippen LogP) is 7.47. The minimum Gasteiger partial charge on any atom is -0.282 e. The molecule has 0 spiro atoms. The second kappa shape index (κ2) is 9.95. The molecule has 4 rings (SSSR count). The van der Waals surface area contributed by atoms with Gasteiger partial charge in [-0.15, -0.1) is 0 Å². The van der Waals surface area contributed by atoms with E-state index in [1.807, 2.05) is 13.0 Å². The first kappa shape index (κ1) is 23.3. The summed E-state index contributed by atoms with van der Waals surface area (Å²) in [5, 5.41) is 0. The fourth-order valence-electron chi connectivity index (χ4n) is 8.04. The second-order valence-electron chi connectivity index (χ2n) is 10.7. The molecule has 0 aromatic rings. The van der Waals surface area contributed by atoms with Crippen molar-refractivity contribution in [2.75, 3.05) is 0 Å². The molecule has 0 saturated heterocycles. The fourth-order valence-corrected chi connectivity index (χ4v) is 9.14. The largest absolute Gasteiger partial charge is 0.295 e. The Morgan fingerprint density at radius 2 is 1.26 bits per heavy atom. The maximum absolute atomic E-state index is 12.9. The summed E-state index contributed by atoms with van der Waals surface area (Å²) in [7, 11) is -4.32. The lowest BCUT2D eigenvalue weighted by Gasteiger charge is -2.44. The van der Waals surface area contributed by atoms with Crippen LogP contribution in [0.3, 0.4) is 0 Å². The third kappa shape index (κ3) is 4.76. The monoisotopic (exact) mass is 446 g/mol. The van der Waals surface area contributed by atoms with Crippen LogP contribution in [-0.4, -0.2) is 13.0 Å². The lowest BCUT2D eigenvalue weighted by molar-refractivity contribution is 0.121. The van der Waals surface area contributed by atoms with Gasteiger partial charge in [-0.2, -0.15) is 8.42 Å². The van der Waals surface area contributed by atoms with Gasteiger partial charge in [-0.1, -0.05) is 82.9 Å². The smallest absolute Gasteiger partial charge is 0.282 e. The van der Waals surface area contributed by atoms with Gasteiger partial charge in [-0.3, -0.25) is 4.55 Å². The van der Waals surface area contributed by atoms with E-state index >= 15 is 0 Å². The van der Waals surface area contributed by atoms with Crippen LogP contribution >= 0.6 is 0 Å². The van der Waals surface area contributed by atoms with Crippen molar-refractivity contribution in [3.63, 3.8) is 0 Å². The van der Waals surface area contributed by atoms with Crippen molar-refractivity contribution in [1.29, 1.82) is 0 Å². The van der Waals surface area contributed by atoms with Crippen molar-refractivity contribution in [2.45, 2.75) is 96.8 Å². The van der Waals surface area contributed by atoms with Crippen molar-refractivity contribution in [3.8, 4) is 0 Å². The standard InChI is InChI=1S/C27H42O3S/c1-3-21(25-17-9-13-19-11-5-7-15-23(19)25)27(31(28,29)30)22(4-2)26-18-10-14-20-12-6-8-16-24(20)26/h3-4,19-20,23-26H,1,5-18H2,2H3,(H,28,29,30)/b22-4-,27-21-/t19?,20?,23?,24?,25-,26?/m1/s1. The first-order valence-corrected chi connectivity index (χ1v) is 14.4. The molecule has 174 valence electrons. The molecule has 4 heteroatoms. The number of allylic oxidation sites excluding steroid dienone is 4. The zero-order valence-corrected chi connectivity index (χ0v) is 20.2. The summed E-state index contributed by atoms with van der Waals surface area (Å²) in [6.07, 6.45) is 20.8. The van der Waals surface area contributed by atoms with Crippen LogP contribution in [0.5, 0.6) is 0 Å². The van der Waals surface area contributed by atoms with Crippen molar-refractivity contribution in [3.05, 3.63) is 34.8 Å². The average Bonchev–Trinajstić information content (AvgIpc) is 2.78. The van der Waals surface area contributed by atoms with Crippen molar-refractivity contribution in [1.82, 2.24) is 0 Å². The lowest BCUT2D eigenvalue weighted by Crippen LogP contribution is -2.35. The summed E-state index contributed by atoms with van der Waals surface area (Å²) in [4.78, 5) is 0.234. The summed E-state index contributed by atoms with van der Waals surface area (Å²) in [6.45, 7) is 6.06. The summed E-state index contributed by atoms with van der Waals surface area (Å²) < 4.78 is 36.5. The number of hydrogen-bond donors (Lipinski definition) is 1. The molecule has 4 aliphatic rings. The zero-order chi connectivity index (χ0) is 22.0. The Hall–Kier alpha value is -0.870. The highest BCUT2D eigenvalue weighted by molar-refractivity contribution is 7.90. The van der Waals surface area contributed by atoms with Crippen LogP contribution in [0.1, 0.15) is 96.8 Å². The van der Waals surface area contributed by atoms with Crippen molar-refractivity contribution < 1.29 is 13.0 Å². The minimum atomic E-state index is -4.32. The van der Waals surface area contributed by atoms with Gasteiger partial charge >= 0.3 is 0 Å². The molecule has 5 unspecified atom stereocenters. The molecule has 1 N–H and O–H groups in total. The third-order valence-corrected chi connectivity index (χ3v) is 10.2. The molecule has 6 atom stereocenters. The molecule has 0 heterocycles. The van der Waals surface area contributed by atoms with Crippen LogP contribution in [0.4, 0.5) is 0 Å². The Morgan fingerprint density at radius 3 is 1.77 bits per heavy atom. The van der Waals surface area contributed by atoms with Crippen molar-refractivity contribution in [2.24, 2.45) is 35.5 Å². The zero-order valence-electron chi connectivity index (χ0n) is 19.4. The van der Waals surface area contributed by atoms with Crippen LogP contribution in [0.2, 0.25) is 0 Å². The molecule has 3 nitrogen and oxygen atoms in total. The van der Waals surface area contributed by atoms with Gasteiger partial charge in [0.05, 0.1) is 0 Å². The molecule has 0 radical (unpaired) electrons. The van der Waals surface area contributed by atoms with E-state index in [1.165, 1.54) is 70.6 Å². The van der Waals surface area contributed by atoms with Gasteiger partial charge in [-0.05, 0) is 79.3 Å². The topological polar surface area (TPSA) is 54.4 Å². The van der Waals surface area contributed by atoms with Gasteiger partial charge in [0.25, 0.3) is 10.1 Å². The minimum absolute atomic E-state index is 0.217. The summed E-state index contributed by atoms with van der Waals surface area (Å²) >= 11 is 0. The van der Waals surface area contributed by atoms with Crippen LogP contribution in [-0.2, 0) is 10.1 Å². The maximum Gasteiger partial charge on any atom is 0.295 e. The molecule has 4 aliphatic carbocycles. The summed E-state index contributed by atoms with van der Waals surface area (Å²) in [6, 6.07) is 0. The Balaban J connectivity index is 1.77.